The van der Waals surface area contributed by atoms with E-state index in [0.717, 1.165) is 18.4 Å². The van der Waals surface area contributed by atoms with E-state index in [9.17, 15) is 9.59 Å². The molecule has 2 aliphatic rings. The number of carbonyl (C=O) groups is 2. The fraction of sp³-hybridized carbons (Fsp3) is 0.471. The van der Waals surface area contributed by atoms with Gasteiger partial charge in [0.05, 0.1) is 11.6 Å². The molecular weight excluding hydrogens is 322 g/mol. The SMILES string of the molecule is CN1C2CCC1CC(n1nc(C(=O)OC(N)=O)c3cc(N)ccc31)C2. The van der Waals surface area contributed by atoms with E-state index in [1.807, 2.05) is 10.7 Å². The number of primary amides is 1. The summed E-state index contributed by atoms with van der Waals surface area (Å²) in [4.78, 5) is 25.6. The van der Waals surface area contributed by atoms with Crippen molar-refractivity contribution in [2.45, 2.75) is 43.8 Å². The third-order valence-corrected chi connectivity index (χ3v) is 5.54. The average Bonchev–Trinajstić information content (AvgIpc) is 2.99. The molecule has 25 heavy (non-hydrogen) atoms. The Hall–Kier alpha value is -2.61. The molecule has 2 fully saturated rings. The average molecular weight is 343 g/mol. The van der Waals surface area contributed by atoms with Crippen LogP contribution in [-0.4, -0.2) is 45.9 Å². The van der Waals surface area contributed by atoms with E-state index in [1.165, 1.54) is 12.8 Å². The van der Waals surface area contributed by atoms with Crippen molar-refractivity contribution in [3.05, 3.63) is 23.9 Å². The fourth-order valence-corrected chi connectivity index (χ4v) is 4.31. The van der Waals surface area contributed by atoms with E-state index < -0.39 is 12.1 Å². The molecule has 1 aromatic carbocycles. The Balaban J connectivity index is 1.77. The molecule has 132 valence electrons. The van der Waals surface area contributed by atoms with Crippen molar-refractivity contribution >= 4 is 28.7 Å². The highest BCUT2D eigenvalue weighted by molar-refractivity contribution is 6.05. The van der Waals surface area contributed by atoms with E-state index in [0.29, 0.717) is 23.2 Å². The van der Waals surface area contributed by atoms with Crippen molar-refractivity contribution in [3.63, 3.8) is 0 Å². The third kappa shape index (κ3) is 2.62. The summed E-state index contributed by atoms with van der Waals surface area (Å²) in [6, 6.07) is 6.61. The number of benzene rings is 1. The molecule has 4 rings (SSSR count). The van der Waals surface area contributed by atoms with Gasteiger partial charge in [-0.1, -0.05) is 0 Å². The summed E-state index contributed by atoms with van der Waals surface area (Å²) in [5, 5.41) is 5.07. The van der Waals surface area contributed by atoms with E-state index in [4.69, 9.17) is 11.5 Å². The largest absolute Gasteiger partial charge is 0.412 e. The number of nitrogens with zero attached hydrogens (tertiary/aromatic N) is 3. The number of ether oxygens (including phenoxy) is 1. The summed E-state index contributed by atoms with van der Waals surface area (Å²) >= 11 is 0. The van der Waals surface area contributed by atoms with Crippen molar-refractivity contribution in [1.82, 2.24) is 14.7 Å². The van der Waals surface area contributed by atoms with Crippen LogP contribution in [0.3, 0.4) is 0 Å². The van der Waals surface area contributed by atoms with Crippen LogP contribution in [0.4, 0.5) is 10.5 Å². The molecule has 1 aromatic heterocycles. The Morgan fingerprint density at radius 3 is 2.52 bits per heavy atom. The van der Waals surface area contributed by atoms with Crippen LogP contribution in [0.15, 0.2) is 18.2 Å². The Bertz CT molecular complexity index is 847. The summed E-state index contributed by atoms with van der Waals surface area (Å²) in [6.45, 7) is 0. The standard InChI is InChI=1S/C17H21N5O3/c1-21-10-3-4-11(21)8-12(7-10)22-14-5-2-9(18)6-13(14)15(20-22)16(23)25-17(19)24/h2,5-6,10-12H,3-4,7-8,18H2,1H3,(H2,19,24). The van der Waals surface area contributed by atoms with Gasteiger partial charge in [0.1, 0.15) is 0 Å². The molecule has 2 aliphatic heterocycles. The van der Waals surface area contributed by atoms with Crippen molar-refractivity contribution in [2.75, 3.05) is 12.8 Å². The van der Waals surface area contributed by atoms with Crippen LogP contribution in [0.25, 0.3) is 10.9 Å². The predicted molar refractivity (Wildman–Crippen MR) is 92.0 cm³/mol. The molecule has 2 unspecified atom stereocenters. The Kier molecular flexibility index (Phi) is 3.64. The minimum absolute atomic E-state index is 0.0763. The second-order valence-electron chi connectivity index (χ2n) is 6.95. The van der Waals surface area contributed by atoms with Crippen LogP contribution in [0.1, 0.15) is 42.2 Å². The zero-order chi connectivity index (χ0) is 17.7. The number of rotatable bonds is 2. The first kappa shape index (κ1) is 15.9. The van der Waals surface area contributed by atoms with Gasteiger partial charge in [-0.15, -0.1) is 0 Å². The summed E-state index contributed by atoms with van der Waals surface area (Å²) in [5.41, 5.74) is 12.2. The molecule has 3 heterocycles. The molecule has 0 saturated carbocycles. The third-order valence-electron chi connectivity index (χ3n) is 5.54. The lowest BCUT2D eigenvalue weighted by Crippen LogP contribution is -2.40. The molecule has 8 nitrogen and oxygen atoms in total. The van der Waals surface area contributed by atoms with Crippen LogP contribution in [0, 0.1) is 0 Å². The molecule has 4 N–H and O–H groups in total. The van der Waals surface area contributed by atoms with E-state index >= 15 is 0 Å². The molecule has 8 heteroatoms. The number of esters is 1. The number of aromatic nitrogens is 2. The van der Waals surface area contributed by atoms with Crippen LogP contribution in [0.2, 0.25) is 0 Å². The minimum Gasteiger partial charge on any atom is -0.399 e. The van der Waals surface area contributed by atoms with Gasteiger partial charge in [-0.05, 0) is 50.9 Å². The minimum atomic E-state index is -1.14. The maximum absolute atomic E-state index is 12.2. The lowest BCUT2D eigenvalue weighted by atomic mass is 9.98. The first-order chi connectivity index (χ1) is 11.9. The molecule has 0 radical (unpaired) electrons. The van der Waals surface area contributed by atoms with Crippen LogP contribution < -0.4 is 11.5 Å². The molecular formula is C17H21N5O3. The number of piperidine rings is 1. The van der Waals surface area contributed by atoms with Gasteiger partial charge in [-0.3, -0.25) is 4.68 Å². The van der Waals surface area contributed by atoms with Gasteiger partial charge in [-0.2, -0.15) is 5.10 Å². The van der Waals surface area contributed by atoms with E-state index in [1.54, 1.807) is 12.1 Å². The highest BCUT2D eigenvalue weighted by Crippen LogP contribution is 2.41. The van der Waals surface area contributed by atoms with Crippen LogP contribution in [-0.2, 0) is 4.74 Å². The van der Waals surface area contributed by atoms with Gasteiger partial charge in [-0.25, -0.2) is 9.59 Å². The lowest BCUT2D eigenvalue weighted by Gasteiger charge is -2.36. The summed E-state index contributed by atoms with van der Waals surface area (Å²) in [7, 11) is 2.18. The highest BCUT2D eigenvalue weighted by Gasteiger charge is 2.40. The first-order valence-electron chi connectivity index (χ1n) is 8.45. The molecule has 2 saturated heterocycles. The molecule has 2 aromatic rings. The zero-order valence-corrected chi connectivity index (χ0v) is 14.0. The number of nitrogen functional groups attached to an aromatic ring is 1. The smallest absolute Gasteiger partial charge is 0.399 e. The van der Waals surface area contributed by atoms with Crippen molar-refractivity contribution in [3.8, 4) is 0 Å². The van der Waals surface area contributed by atoms with E-state index in [-0.39, 0.29) is 11.7 Å². The maximum Gasteiger partial charge on any atom is 0.412 e. The van der Waals surface area contributed by atoms with Gasteiger partial charge in [0.2, 0.25) is 0 Å². The van der Waals surface area contributed by atoms with Crippen LogP contribution >= 0.6 is 0 Å². The van der Waals surface area contributed by atoms with Gasteiger partial charge in [0, 0.05) is 23.2 Å². The maximum atomic E-state index is 12.2. The number of hydrogen-bond acceptors (Lipinski definition) is 6. The monoisotopic (exact) mass is 343 g/mol. The predicted octanol–water partition coefficient (Wildman–Crippen LogP) is 1.65. The zero-order valence-electron chi connectivity index (χ0n) is 14.0. The normalized spacial score (nSPS) is 26.0. The number of amides is 1. The highest BCUT2D eigenvalue weighted by atomic mass is 16.6. The molecule has 2 bridgehead atoms. The Morgan fingerprint density at radius 1 is 1.20 bits per heavy atom. The molecule has 0 aliphatic carbocycles. The lowest BCUT2D eigenvalue weighted by molar-refractivity contribution is 0.0631. The summed E-state index contributed by atoms with van der Waals surface area (Å²) < 4.78 is 6.43. The molecule has 2 atom stereocenters. The van der Waals surface area contributed by atoms with E-state index in [2.05, 4.69) is 21.8 Å². The van der Waals surface area contributed by atoms with Crippen LogP contribution in [0.5, 0.6) is 0 Å². The van der Waals surface area contributed by atoms with Crippen molar-refractivity contribution < 1.29 is 14.3 Å². The van der Waals surface area contributed by atoms with Gasteiger partial charge >= 0.3 is 12.1 Å². The summed E-state index contributed by atoms with van der Waals surface area (Å²) in [6.07, 6.45) is 3.21. The first-order valence-corrected chi connectivity index (χ1v) is 8.45. The topological polar surface area (TPSA) is 116 Å². The fourth-order valence-electron chi connectivity index (χ4n) is 4.31. The number of fused-ring (bicyclic) bond motifs is 3. The number of carbonyl (C=O) groups excluding carboxylic acids is 2. The number of nitrogens with two attached hydrogens (primary N) is 2. The second-order valence-corrected chi connectivity index (χ2v) is 6.95. The summed E-state index contributed by atoms with van der Waals surface area (Å²) in [5.74, 6) is -0.849. The number of anilines is 1. The second kappa shape index (κ2) is 5.73. The van der Waals surface area contributed by atoms with Gasteiger partial charge in [0.15, 0.2) is 5.69 Å². The quantitative estimate of drug-likeness (QED) is 0.486. The molecule has 0 spiro atoms. The number of hydrogen-bond donors (Lipinski definition) is 2. The van der Waals surface area contributed by atoms with Gasteiger partial charge in [0.25, 0.3) is 0 Å². The molecule has 1 amide bonds. The van der Waals surface area contributed by atoms with Crippen molar-refractivity contribution in [1.29, 1.82) is 0 Å². The van der Waals surface area contributed by atoms with Crippen molar-refractivity contribution in [2.24, 2.45) is 5.73 Å². The van der Waals surface area contributed by atoms with Gasteiger partial charge < -0.3 is 21.1 Å². The Labute approximate surface area is 144 Å². The Morgan fingerprint density at radius 2 is 1.88 bits per heavy atom.